The highest BCUT2D eigenvalue weighted by atomic mass is 16.5. The number of hydrogen-bond donors (Lipinski definition) is 1. The number of esters is 1. The lowest BCUT2D eigenvalue weighted by Crippen LogP contribution is -2.42. The molecule has 108 valence electrons. The monoisotopic (exact) mass is 261 g/mol. The largest absolute Gasteiger partial charge is 0.468 e. The molecule has 5 nitrogen and oxygen atoms in total. The number of nitrogens with one attached hydrogen (secondary N) is 1. The van der Waals surface area contributed by atoms with Crippen molar-refractivity contribution in [2.75, 3.05) is 34.0 Å². The van der Waals surface area contributed by atoms with E-state index < -0.39 is 0 Å². The molecule has 1 unspecified atom stereocenters. The van der Waals surface area contributed by atoms with Gasteiger partial charge in [-0.2, -0.15) is 0 Å². The molecule has 0 aliphatic heterocycles. The molecule has 0 aromatic heterocycles. The van der Waals surface area contributed by atoms with Crippen LogP contribution in [0, 0.1) is 0 Å². The molecule has 0 saturated carbocycles. The first-order chi connectivity index (χ1) is 8.46. The maximum absolute atomic E-state index is 11.5. The zero-order chi connectivity index (χ0) is 14.0. The standard InChI is InChI=1S/C13H27NO4/c1-6-8-14-11(12(15)16-4)10-18-9-7-13(2,3)17-5/h11,14H,6-10H2,1-5H3. The van der Waals surface area contributed by atoms with Crippen LogP contribution in [0.4, 0.5) is 0 Å². The third kappa shape index (κ3) is 7.63. The van der Waals surface area contributed by atoms with Crippen molar-refractivity contribution in [2.45, 2.75) is 45.3 Å². The number of methoxy groups -OCH3 is 2. The van der Waals surface area contributed by atoms with Gasteiger partial charge >= 0.3 is 5.97 Å². The second-order valence-electron chi connectivity index (χ2n) is 4.82. The van der Waals surface area contributed by atoms with Crippen molar-refractivity contribution in [3.05, 3.63) is 0 Å². The molecule has 0 heterocycles. The molecule has 0 aliphatic rings. The Morgan fingerprint density at radius 3 is 2.50 bits per heavy atom. The summed E-state index contributed by atoms with van der Waals surface area (Å²) in [5.41, 5.74) is -0.197. The molecular formula is C13H27NO4. The van der Waals surface area contributed by atoms with E-state index in [2.05, 4.69) is 5.32 Å². The Bertz CT molecular complexity index is 231. The minimum atomic E-state index is -0.388. The highest BCUT2D eigenvalue weighted by Gasteiger charge is 2.20. The van der Waals surface area contributed by atoms with Crippen molar-refractivity contribution < 1.29 is 19.0 Å². The molecule has 0 amide bonds. The van der Waals surface area contributed by atoms with Crippen molar-refractivity contribution in [3.8, 4) is 0 Å². The Balaban J connectivity index is 3.92. The molecule has 18 heavy (non-hydrogen) atoms. The fourth-order valence-electron chi connectivity index (χ4n) is 1.29. The van der Waals surface area contributed by atoms with Gasteiger partial charge in [0.05, 0.1) is 19.3 Å². The van der Waals surface area contributed by atoms with Gasteiger partial charge in [0.1, 0.15) is 6.04 Å². The molecule has 0 spiro atoms. The maximum atomic E-state index is 11.5. The van der Waals surface area contributed by atoms with E-state index in [1.54, 1.807) is 7.11 Å². The third-order valence-electron chi connectivity index (χ3n) is 2.81. The summed E-state index contributed by atoms with van der Waals surface area (Å²) in [5, 5.41) is 3.10. The second-order valence-corrected chi connectivity index (χ2v) is 4.82. The SMILES string of the molecule is CCCNC(COCCC(C)(C)OC)C(=O)OC. The van der Waals surface area contributed by atoms with Crippen LogP contribution in [0.15, 0.2) is 0 Å². The zero-order valence-electron chi connectivity index (χ0n) is 12.2. The Morgan fingerprint density at radius 1 is 1.33 bits per heavy atom. The van der Waals surface area contributed by atoms with Gasteiger partial charge in [-0.25, -0.2) is 0 Å². The van der Waals surface area contributed by atoms with Gasteiger partial charge in [-0.15, -0.1) is 0 Å². The number of rotatable bonds is 10. The highest BCUT2D eigenvalue weighted by Crippen LogP contribution is 2.12. The number of hydrogen-bond acceptors (Lipinski definition) is 5. The quantitative estimate of drug-likeness (QED) is 0.475. The highest BCUT2D eigenvalue weighted by molar-refractivity contribution is 5.75. The van der Waals surface area contributed by atoms with Crippen LogP contribution in [0.3, 0.4) is 0 Å². The predicted octanol–water partition coefficient (Wildman–Crippen LogP) is 1.36. The fourth-order valence-corrected chi connectivity index (χ4v) is 1.29. The van der Waals surface area contributed by atoms with Crippen LogP contribution in [-0.4, -0.2) is 51.6 Å². The molecule has 0 saturated heterocycles. The minimum Gasteiger partial charge on any atom is -0.468 e. The summed E-state index contributed by atoms with van der Waals surface area (Å²) in [5.74, 6) is -0.283. The van der Waals surface area contributed by atoms with Gasteiger partial charge < -0.3 is 19.5 Å². The van der Waals surface area contributed by atoms with E-state index in [9.17, 15) is 4.79 Å². The van der Waals surface area contributed by atoms with Gasteiger partial charge in [0.25, 0.3) is 0 Å². The number of carbonyl (C=O) groups is 1. The van der Waals surface area contributed by atoms with Crippen molar-refractivity contribution in [1.29, 1.82) is 0 Å². The van der Waals surface area contributed by atoms with Gasteiger partial charge in [-0.3, -0.25) is 4.79 Å². The molecule has 0 aromatic carbocycles. The second kappa shape index (κ2) is 9.30. The molecule has 0 rings (SSSR count). The van der Waals surface area contributed by atoms with E-state index in [4.69, 9.17) is 14.2 Å². The Labute approximate surface area is 110 Å². The van der Waals surface area contributed by atoms with Crippen molar-refractivity contribution in [2.24, 2.45) is 0 Å². The number of ether oxygens (including phenoxy) is 3. The van der Waals surface area contributed by atoms with Crippen molar-refractivity contribution in [1.82, 2.24) is 5.32 Å². The molecule has 5 heteroatoms. The summed E-state index contributed by atoms with van der Waals surface area (Å²) in [4.78, 5) is 11.5. The molecule has 0 radical (unpaired) electrons. The van der Waals surface area contributed by atoms with Gasteiger partial charge in [0.15, 0.2) is 0 Å². The van der Waals surface area contributed by atoms with Crippen LogP contribution in [0.1, 0.15) is 33.6 Å². The average Bonchev–Trinajstić information content (AvgIpc) is 2.37. The van der Waals surface area contributed by atoms with Crippen LogP contribution in [-0.2, 0) is 19.0 Å². The normalized spacial score (nSPS) is 13.4. The minimum absolute atomic E-state index is 0.197. The summed E-state index contributed by atoms with van der Waals surface area (Å²) < 4.78 is 15.5. The molecule has 0 aliphatic carbocycles. The molecule has 0 fully saturated rings. The van der Waals surface area contributed by atoms with E-state index in [1.165, 1.54) is 7.11 Å². The van der Waals surface area contributed by atoms with Crippen LogP contribution in [0.2, 0.25) is 0 Å². The Hall–Kier alpha value is -0.650. The molecule has 1 N–H and O–H groups in total. The summed E-state index contributed by atoms with van der Waals surface area (Å²) >= 11 is 0. The molecule has 0 aromatic rings. The van der Waals surface area contributed by atoms with Crippen LogP contribution in [0.25, 0.3) is 0 Å². The first kappa shape index (κ1) is 17.4. The lowest BCUT2D eigenvalue weighted by atomic mass is 10.1. The topological polar surface area (TPSA) is 56.8 Å². The van der Waals surface area contributed by atoms with Crippen LogP contribution >= 0.6 is 0 Å². The lowest BCUT2D eigenvalue weighted by molar-refractivity contribution is -0.145. The summed E-state index contributed by atoms with van der Waals surface area (Å²) in [7, 11) is 3.07. The maximum Gasteiger partial charge on any atom is 0.325 e. The van der Waals surface area contributed by atoms with E-state index in [1.807, 2.05) is 20.8 Å². The van der Waals surface area contributed by atoms with E-state index >= 15 is 0 Å². The first-order valence-electron chi connectivity index (χ1n) is 6.41. The average molecular weight is 261 g/mol. The smallest absolute Gasteiger partial charge is 0.325 e. The van der Waals surface area contributed by atoms with E-state index in [0.29, 0.717) is 13.2 Å². The van der Waals surface area contributed by atoms with Crippen molar-refractivity contribution in [3.63, 3.8) is 0 Å². The molecule has 1 atom stereocenters. The van der Waals surface area contributed by atoms with Crippen LogP contribution < -0.4 is 5.32 Å². The van der Waals surface area contributed by atoms with Gasteiger partial charge in [-0.1, -0.05) is 6.92 Å². The third-order valence-corrected chi connectivity index (χ3v) is 2.81. The Morgan fingerprint density at radius 2 is 2.00 bits per heavy atom. The first-order valence-corrected chi connectivity index (χ1v) is 6.41. The van der Waals surface area contributed by atoms with Crippen molar-refractivity contribution >= 4 is 5.97 Å². The van der Waals surface area contributed by atoms with Gasteiger partial charge in [-0.05, 0) is 33.2 Å². The summed E-state index contributed by atoms with van der Waals surface area (Å²) in [6.07, 6.45) is 1.75. The summed E-state index contributed by atoms with van der Waals surface area (Å²) in [6.45, 7) is 7.71. The van der Waals surface area contributed by atoms with E-state index in [-0.39, 0.29) is 17.6 Å². The number of carbonyl (C=O) groups excluding carboxylic acids is 1. The summed E-state index contributed by atoms with van der Waals surface area (Å²) in [6, 6.07) is -0.388. The Kier molecular flexibility index (Phi) is 8.97. The van der Waals surface area contributed by atoms with Gasteiger partial charge in [0.2, 0.25) is 0 Å². The van der Waals surface area contributed by atoms with E-state index in [0.717, 1.165) is 19.4 Å². The van der Waals surface area contributed by atoms with Gasteiger partial charge in [0, 0.05) is 13.7 Å². The molecular weight excluding hydrogens is 234 g/mol. The molecule has 0 bridgehead atoms. The predicted molar refractivity (Wildman–Crippen MR) is 70.6 cm³/mol. The zero-order valence-corrected chi connectivity index (χ0v) is 12.2. The van der Waals surface area contributed by atoms with Crippen LogP contribution in [0.5, 0.6) is 0 Å². The fraction of sp³-hybridized carbons (Fsp3) is 0.923. The lowest BCUT2D eigenvalue weighted by Gasteiger charge is -2.23.